The van der Waals surface area contributed by atoms with Gasteiger partial charge in [-0.3, -0.25) is 9.59 Å². The molecule has 17 heavy (non-hydrogen) atoms. The molecule has 1 unspecified atom stereocenters. The summed E-state index contributed by atoms with van der Waals surface area (Å²) in [4.78, 5) is 22.4. The standard InChI is InChI=1S/C13H18N2O2/c1-9-4-6-12(7-5-9)8-14-13(17)10(2)15-11(3)16/h4-7,10H,8H2,1-3H3,(H,14,17)(H,15,16). The molecular weight excluding hydrogens is 216 g/mol. The monoisotopic (exact) mass is 234 g/mol. The van der Waals surface area contributed by atoms with Gasteiger partial charge in [-0.05, 0) is 19.4 Å². The van der Waals surface area contributed by atoms with E-state index in [9.17, 15) is 9.59 Å². The van der Waals surface area contributed by atoms with Crippen LogP contribution in [0.1, 0.15) is 25.0 Å². The summed E-state index contributed by atoms with van der Waals surface area (Å²) in [6.45, 7) is 5.54. The summed E-state index contributed by atoms with van der Waals surface area (Å²) in [5.74, 6) is -0.385. The molecule has 0 aliphatic carbocycles. The van der Waals surface area contributed by atoms with E-state index >= 15 is 0 Å². The SMILES string of the molecule is CC(=O)NC(C)C(=O)NCc1ccc(C)cc1. The Balaban J connectivity index is 2.42. The van der Waals surface area contributed by atoms with Crippen LogP contribution in [0.2, 0.25) is 0 Å². The second-order valence-corrected chi connectivity index (χ2v) is 4.13. The van der Waals surface area contributed by atoms with Crippen molar-refractivity contribution in [1.82, 2.24) is 10.6 Å². The van der Waals surface area contributed by atoms with Crippen molar-refractivity contribution in [3.63, 3.8) is 0 Å². The zero-order valence-corrected chi connectivity index (χ0v) is 10.4. The van der Waals surface area contributed by atoms with Crippen LogP contribution in [-0.2, 0) is 16.1 Å². The molecule has 0 saturated carbocycles. The number of carbonyl (C=O) groups excluding carboxylic acids is 2. The van der Waals surface area contributed by atoms with E-state index < -0.39 is 6.04 Å². The molecule has 2 N–H and O–H groups in total. The van der Waals surface area contributed by atoms with Gasteiger partial charge in [-0.2, -0.15) is 0 Å². The molecule has 0 fully saturated rings. The van der Waals surface area contributed by atoms with Crippen molar-refractivity contribution in [1.29, 1.82) is 0 Å². The van der Waals surface area contributed by atoms with Gasteiger partial charge in [0.25, 0.3) is 0 Å². The maximum Gasteiger partial charge on any atom is 0.242 e. The van der Waals surface area contributed by atoms with E-state index in [1.807, 2.05) is 31.2 Å². The second-order valence-electron chi connectivity index (χ2n) is 4.13. The first-order valence-electron chi connectivity index (χ1n) is 5.59. The third-order valence-electron chi connectivity index (χ3n) is 2.40. The Hall–Kier alpha value is -1.84. The molecule has 1 atom stereocenters. The van der Waals surface area contributed by atoms with Gasteiger partial charge in [0.1, 0.15) is 6.04 Å². The summed E-state index contributed by atoms with van der Waals surface area (Å²) in [7, 11) is 0. The third-order valence-corrected chi connectivity index (χ3v) is 2.40. The van der Waals surface area contributed by atoms with Crippen LogP contribution in [0.15, 0.2) is 24.3 Å². The number of nitrogens with one attached hydrogen (secondary N) is 2. The summed E-state index contributed by atoms with van der Waals surface area (Å²) in [6, 6.07) is 7.44. The van der Waals surface area contributed by atoms with E-state index in [4.69, 9.17) is 0 Å². The minimum atomic E-state index is -0.502. The first kappa shape index (κ1) is 13.2. The van der Waals surface area contributed by atoms with E-state index in [1.54, 1.807) is 6.92 Å². The van der Waals surface area contributed by atoms with Gasteiger partial charge in [0.05, 0.1) is 0 Å². The molecule has 0 aromatic heterocycles. The lowest BCUT2D eigenvalue weighted by Gasteiger charge is -2.12. The molecule has 1 aromatic carbocycles. The van der Waals surface area contributed by atoms with Gasteiger partial charge in [-0.15, -0.1) is 0 Å². The van der Waals surface area contributed by atoms with Gasteiger partial charge in [0.2, 0.25) is 11.8 Å². The van der Waals surface area contributed by atoms with Crippen molar-refractivity contribution in [2.45, 2.75) is 33.4 Å². The van der Waals surface area contributed by atoms with Crippen molar-refractivity contribution in [3.05, 3.63) is 35.4 Å². The molecule has 0 radical (unpaired) electrons. The molecule has 2 amide bonds. The van der Waals surface area contributed by atoms with Gasteiger partial charge < -0.3 is 10.6 Å². The van der Waals surface area contributed by atoms with Crippen molar-refractivity contribution in [2.24, 2.45) is 0 Å². The molecule has 0 aliphatic rings. The summed E-state index contributed by atoms with van der Waals surface area (Å²) >= 11 is 0. The van der Waals surface area contributed by atoms with Crippen LogP contribution < -0.4 is 10.6 Å². The van der Waals surface area contributed by atoms with E-state index in [1.165, 1.54) is 12.5 Å². The Kier molecular flexibility index (Phi) is 4.69. The fourth-order valence-corrected chi connectivity index (χ4v) is 1.42. The highest BCUT2D eigenvalue weighted by molar-refractivity contribution is 5.86. The average molecular weight is 234 g/mol. The molecule has 0 saturated heterocycles. The fourth-order valence-electron chi connectivity index (χ4n) is 1.42. The highest BCUT2D eigenvalue weighted by atomic mass is 16.2. The second kappa shape index (κ2) is 6.03. The van der Waals surface area contributed by atoms with E-state index in [0.29, 0.717) is 6.54 Å². The highest BCUT2D eigenvalue weighted by Gasteiger charge is 2.12. The Morgan fingerprint density at radius 3 is 2.35 bits per heavy atom. The lowest BCUT2D eigenvalue weighted by Crippen LogP contribution is -2.43. The van der Waals surface area contributed by atoms with Crippen molar-refractivity contribution in [2.75, 3.05) is 0 Å². The molecule has 0 aliphatic heterocycles. The summed E-state index contributed by atoms with van der Waals surface area (Å²) < 4.78 is 0. The molecule has 1 rings (SSSR count). The van der Waals surface area contributed by atoms with Crippen LogP contribution in [0.5, 0.6) is 0 Å². The fraction of sp³-hybridized carbons (Fsp3) is 0.385. The summed E-state index contributed by atoms with van der Waals surface area (Å²) in [5.41, 5.74) is 2.23. The quantitative estimate of drug-likeness (QED) is 0.820. The lowest BCUT2D eigenvalue weighted by molar-refractivity contribution is -0.127. The largest absolute Gasteiger partial charge is 0.350 e. The summed E-state index contributed by atoms with van der Waals surface area (Å²) in [6.07, 6.45) is 0. The van der Waals surface area contributed by atoms with Crippen LogP contribution in [0, 0.1) is 6.92 Å². The predicted molar refractivity (Wildman–Crippen MR) is 66.3 cm³/mol. The summed E-state index contributed by atoms with van der Waals surface area (Å²) in [5, 5.41) is 5.31. The molecule has 0 heterocycles. The molecule has 92 valence electrons. The third kappa shape index (κ3) is 4.68. The van der Waals surface area contributed by atoms with Crippen LogP contribution in [0.3, 0.4) is 0 Å². The smallest absolute Gasteiger partial charge is 0.242 e. The minimum absolute atomic E-state index is 0.180. The Labute approximate surface area is 101 Å². The number of aryl methyl sites for hydroxylation is 1. The lowest BCUT2D eigenvalue weighted by atomic mass is 10.1. The maximum atomic E-state index is 11.6. The Bertz CT molecular complexity index is 398. The molecule has 4 nitrogen and oxygen atoms in total. The number of rotatable bonds is 4. The van der Waals surface area contributed by atoms with Gasteiger partial charge in [0, 0.05) is 13.5 Å². The highest BCUT2D eigenvalue weighted by Crippen LogP contribution is 2.02. The van der Waals surface area contributed by atoms with Crippen molar-refractivity contribution >= 4 is 11.8 Å². The van der Waals surface area contributed by atoms with E-state index in [2.05, 4.69) is 10.6 Å². The number of benzene rings is 1. The predicted octanol–water partition coefficient (Wildman–Crippen LogP) is 1.14. The van der Waals surface area contributed by atoms with Gasteiger partial charge in [-0.1, -0.05) is 29.8 Å². The Morgan fingerprint density at radius 2 is 1.82 bits per heavy atom. The molecular formula is C13H18N2O2. The maximum absolute atomic E-state index is 11.6. The normalized spacial score (nSPS) is 11.7. The zero-order valence-electron chi connectivity index (χ0n) is 10.4. The van der Waals surface area contributed by atoms with E-state index in [-0.39, 0.29) is 11.8 Å². The average Bonchev–Trinajstić information content (AvgIpc) is 2.27. The first-order valence-corrected chi connectivity index (χ1v) is 5.59. The Morgan fingerprint density at radius 1 is 1.24 bits per heavy atom. The van der Waals surface area contributed by atoms with Crippen LogP contribution in [-0.4, -0.2) is 17.9 Å². The first-order chi connectivity index (χ1) is 7.99. The number of hydrogen-bond acceptors (Lipinski definition) is 2. The molecule has 0 spiro atoms. The number of amides is 2. The van der Waals surface area contributed by atoms with Gasteiger partial charge in [0.15, 0.2) is 0 Å². The minimum Gasteiger partial charge on any atom is -0.350 e. The van der Waals surface area contributed by atoms with Gasteiger partial charge >= 0.3 is 0 Å². The van der Waals surface area contributed by atoms with E-state index in [0.717, 1.165) is 5.56 Å². The van der Waals surface area contributed by atoms with Crippen LogP contribution >= 0.6 is 0 Å². The number of carbonyl (C=O) groups is 2. The van der Waals surface area contributed by atoms with Crippen molar-refractivity contribution in [3.8, 4) is 0 Å². The topological polar surface area (TPSA) is 58.2 Å². The van der Waals surface area contributed by atoms with Crippen LogP contribution in [0.4, 0.5) is 0 Å². The van der Waals surface area contributed by atoms with Gasteiger partial charge in [-0.25, -0.2) is 0 Å². The van der Waals surface area contributed by atoms with Crippen LogP contribution in [0.25, 0.3) is 0 Å². The zero-order chi connectivity index (χ0) is 12.8. The van der Waals surface area contributed by atoms with Crippen molar-refractivity contribution < 1.29 is 9.59 Å². The molecule has 1 aromatic rings. The molecule has 4 heteroatoms. The molecule has 0 bridgehead atoms. The number of hydrogen-bond donors (Lipinski definition) is 2.